The number of hydrogen-bond acceptors (Lipinski definition) is 3. The Hall–Kier alpha value is -0.810. The van der Waals surface area contributed by atoms with Gasteiger partial charge in [-0.25, -0.2) is 0 Å². The average molecular weight is 360 g/mol. The maximum atomic E-state index is 12.5. The number of nitrogens with two attached hydrogens (primary N) is 1. The zero-order chi connectivity index (χ0) is 16.8. The van der Waals surface area contributed by atoms with Gasteiger partial charge in [-0.05, 0) is 38.0 Å². The number of carbonyl (C=O) groups is 2. The molecular weight excluding hydrogens is 326 g/mol. The fourth-order valence-corrected chi connectivity index (χ4v) is 3.83. The van der Waals surface area contributed by atoms with Crippen LogP contribution in [0.1, 0.15) is 65.2 Å². The summed E-state index contributed by atoms with van der Waals surface area (Å²) in [4.78, 5) is 26.7. The lowest BCUT2D eigenvalue weighted by molar-refractivity contribution is -0.131. The maximum Gasteiger partial charge on any atom is 0.225 e. The molecule has 2 aliphatic rings. The number of nitrogens with zero attached hydrogens (tertiary/aromatic N) is 1. The number of halogens is 1. The predicted molar refractivity (Wildman–Crippen MR) is 99.0 cm³/mol. The summed E-state index contributed by atoms with van der Waals surface area (Å²) in [5, 5.41) is 3.05. The molecule has 0 aromatic carbocycles. The number of hydrogen-bond donors (Lipinski definition) is 2. The lowest BCUT2D eigenvalue weighted by atomic mass is 9.87. The monoisotopic (exact) mass is 359 g/mol. The highest BCUT2D eigenvalue weighted by atomic mass is 35.5. The zero-order valence-corrected chi connectivity index (χ0v) is 15.9. The molecule has 0 bridgehead atoms. The molecule has 2 fully saturated rings. The summed E-state index contributed by atoms with van der Waals surface area (Å²) in [5.41, 5.74) is 5.75. The highest BCUT2D eigenvalue weighted by Gasteiger charge is 2.38. The van der Waals surface area contributed by atoms with E-state index in [-0.39, 0.29) is 36.2 Å². The van der Waals surface area contributed by atoms with Gasteiger partial charge in [0.05, 0.1) is 5.92 Å². The predicted octanol–water partition coefficient (Wildman–Crippen LogP) is 2.47. The van der Waals surface area contributed by atoms with Gasteiger partial charge >= 0.3 is 0 Å². The molecule has 2 atom stereocenters. The van der Waals surface area contributed by atoms with Crippen LogP contribution in [-0.2, 0) is 9.59 Å². The van der Waals surface area contributed by atoms with E-state index in [0.717, 1.165) is 38.0 Å². The number of nitrogens with one attached hydrogen (secondary N) is 1. The Labute approximate surface area is 152 Å². The van der Waals surface area contributed by atoms with Crippen LogP contribution in [0, 0.1) is 11.8 Å². The largest absolute Gasteiger partial charge is 0.352 e. The van der Waals surface area contributed by atoms with Crippen LogP contribution in [0.4, 0.5) is 0 Å². The Balaban J connectivity index is 0.00000288. The molecule has 1 heterocycles. The minimum atomic E-state index is -0.197. The third kappa shape index (κ3) is 5.62. The Kier molecular flexibility index (Phi) is 9.06. The Morgan fingerprint density at radius 1 is 1.33 bits per heavy atom. The summed E-state index contributed by atoms with van der Waals surface area (Å²) >= 11 is 0. The van der Waals surface area contributed by atoms with Crippen molar-refractivity contribution in [1.29, 1.82) is 0 Å². The fraction of sp³-hybridized carbons (Fsp3) is 0.889. The van der Waals surface area contributed by atoms with E-state index in [2.05, 4.69) is 19.2 Å². The molecule has 2 rings (SSSR count). The molecule has 0 aromatic rings. The fourth-order valence-electron chi connectivity index (χ4n) is 3.83. The van der Waals surface area contributed by atoms with Crippen LogP contribution in [-0.4, -0.2) is 41.9 Å². The number of unbranched alkanes of at least 4 members (excludes halogenated alkanes) is 1. The zero-order valence-electron chi connectivity index (χ0n) is 15.1. The van der Waals surface area contributed by atoms with Crippen LogP contribution >= 0.6 is 12.4 Å². The molecule has 0 radical (unpaired) electrons. The number of likely N-dealkylation sites (tertiary alicyclic amines) is 1. The molecule has 1 saturated carbocycles. The normalized spacial score (nSPS) is 28.4. The van der Waals surface area contributed by atoms with E-state index >= 15 is 0 Å². The average Bonchev–Trinajstić information content (AvgIpc) is 2.94. The van der Waals surface area contributed by atoms with Crippen LogP contribution in [0.25, 0.3) is 0 Å². The highest BCUT2D eigenvalue weighted by molar-refractivity contribution is 5.89. The van der Waals surface area contributed by atoms with Crippen LogP contribution in [0.5, 0.6) is 0 Å². The van der Waals surface area contributed by atoms with E-state index in [1.807, 2.05) is 4.90 Å². The van der Waals surface area contributed by atoms with Crippen molar-refractivity contribution in [2.24, 2.45) is 17.6 Å². The molecule has 2 amide bonds. The minimum Gasteiger partial charge on any atom is -0.352 e. The summed E-state index contributed by atoms with van der Waals surface area (Å²) in [7, 11) is 0. The highest BCUT2D eigenvalue weighted by Crippen LogP contribution is 2.31. The standard InChI is InChI=1S/C18H33N3O2.ClH/c1-3-4-5-15(11-19)20-18(23)14-10-17(22)21(12-14)16-8-6-13(2)7-9-16;/h13-16H,3-12,19H2,1-2H3,(H,20,23);1H. The van der Waals surface area contributed by atoms with Crippen molar-refractivity contribution in [3.8, 4) is 0 Å². The molecule has 0 spiro atoms. The van der Waals surface area contributed by atoms with E-state index in [4.69, 9.17) is 5.73 Å². The molecule has 2 unspecified atom stereocenters. The summed E-state index contributed by atoms with van der Waals surface area (Å²) in [6, 6.07) is 0.393. The number of rotatable bonds is 7. The SMILES string of the molecule is CCCCC(CN)NC(=O)C1CC(=O)N(C2CCC(C)CC2)C1.Cl. The Bertz CT molecular complexity index is 411. The molecule has 5 nitrogen and oxygen atoms in total. The molecular formula is C18H34ClN3O2. The van der Waals surface area contributed by atoms with E-state index in [9.17, 15) is 9.59 Å². The first kappa shape index (κ1) is 21.2. The van der Waals surface area contributed by atoms with Crippen molar-refractivity contribution in [3.05, 3.63) is 0 Å². The topological polar surface area (TPSA) is 75.4 Å². The summed E-state index contributed by atoms with van der Waals surface area (Å²) in [6.45, 7) is 5.47. The molecule has 3 N–H and O–H groups in total. The quantitative estimate of drug-likeness (QED) is 0.733. The van der Waals surface area contributed by atoms with Crippen LogP contribution in [0.2, 0.25) is 0 Å². The van der Waals surface area contributed by atoms with Gasteiger partial charge in [0.1, 0.15) is 0 Å². The summed E-state index contributed by atoms with van der Waals surface area (Å²) in [5.74, 6) is 0.739. The van der Waals surface area contributed by atoms with Crippen molar-refractivity contribution < 1.29 is 9.59 Å². The van der Waals surface area contributed by atoms with Crippen LogP contribution in [0.15, 0.2) is 0 Å². The van der Waals surface area contributed by atoms with Gasteiger partial charge < -0.3 is 16.0 Å². The number of amides is 2. The molecule has 1 aliphatic heterocycles. The first-order valence-corrected chi connectivity index (χ1v) is 9.35. The van der Waals surface area contributed by atoms with E-state index in [0.29, 0.717) is 25.6 Å². The second-order valence-corrected chi connectivity index (χ2v) is 7.44. The molecule has 0 aromatic heterocycles. The van der Waals surface area contributed by atoms with Gasteiger partial charge in [0, 0.05) is 31.6 Å². The molecule has 1 saturated heterocycles. The van der Waals surface area contributed by atoms with Crippen molar-refractivity contribution in [1.82, 2.24) is 10.2 Å². The van der Waals surface area contributed by atoms with Crippen LogP contribution in [0.3, 0.4) is 0 Å². The van der Waals surface area contributed by atoms with Gasteiger partial charge in [0.15, 0.2) is 0 Å². The van der Waals surface area contributed by atoms with Gasteiger partial charge in [0.2, 0.25) is 11.8 Å². The van der Waals surface area contributed by atoms with E-state index in [1.165, 1.54) is 12.8 Å². The Morgan fingerprint density at radius 3 is 2.58 bits per heavy atom. The lowest BCUT2D eigenvalue weighted by Crippen LogP contribution is -2.44. The maximum absolute atomic E-state index is 12.5. The van der Waals surface area contributed by atoms with Gasteiger partial charge in [-0.1, -0.05) is 26.7 Å². The van der Waals surface area contributed by atoms with Gasteiger partial charge in [0.25, 0.3) is 0 Å². The first-order valence-electron chi connectivity index (χ1n) is 9.35. The smallest absolute Gasteiger partial charge is 0.225 e. The van der Waals surface area contributed by atoms with Gasteiger partial charge in [-0.2, -0.15) is 0 Å². The number of carbonyl (C=O) groups excluding carboxylic acids is 2. The summed E-state index contributed by atoms with van der Waals surface area (Å²) < 4.78 is 0. The second kappa shape index (κ2) is 10.2. The van der Waals surface area contributed by atoms with Crippen LogP contribution < -0.4 is 11.1 Å². The van der Waals surface area contributed by atoms with Crippen molar-refractivity contribution >= 4 is 24.2 Å². The van der Waals surface area contributed by atoms with Gasteiger partial charge in [-0.15, -0.1) is 12.4 Å². The van der Waals surface area contributed by atoms with Gasteiger partial charge in [-0.3, -0.25) is 9.59 Å². The third-order valence-corrected chi connectivity index (χ3v) is 5.49. The van der Waals surface area contributed by atoms with Crippen molar-refractivity contribution in [2.45, 2.75) is 77.3 Å². The second-order valence-electron chi connectivity index (χ2n) is 7.44. The van der Waals surface area contributed by atoms with Crippen molar-refractivity contribution in [2.75, 3.05) is 13.1 Å². The summed E-state index contributed by atoms with van der Waals surface area (Å²) in [6.07, 6.45) is 8.01. The van der Waals surface area contributed by atoms with E-state index in [1.54, 1.807) is 0 Å². The molecule has 24 heavy (non-hydrogen) atoms. The first-order chi connectivity index (χ1) is 11.0. The van der Waals surface area contributed by atoms with Crippen molar-refractivity contribution in [3.63, 3.8) is 0 Å². The minimum absolute atomic E-state index is 0. The molecule has 140 valence electrons. The van der Waals surface area contributed by atoms with E-state index < -0.39 is 0 Å². The molecule has 6 heteroatoms. The molecule has 1 aliphatic carbocycles. The third-order valence-electron chi connectivity index (χ3n) is 5.49. The lowest BCUT2D eigenvalue weighted by Gasteiger charge is -2.33. The Morgan fingerprint density at radius 2 is 2.00 bits per heavy atom.